The zero-order valence-corrected chi connectivity index (χ0v) is 22.2. The maximum Gasteiger partial charge on any atom is 0.416 e. The normalized spacial score (nSPS) is 15.9. The van der Waals surface area contributed by atoms with Crippen molar-refractivity contribution in [3.63, 3.8) is 0 Å². The molecule has 220 valence electrons. The maximum atomic E-state index is 13.5. The van der Waals surface area contributed by atoms with Gasteiger partial charge in [-0.15, -0.1) is 0 Å². The number of hydrogen-bond acceptors (Lipinski definition) is 4. The topological polar surface area (TPSA) is 73.2 Å². The molecule has 0 bridgehead atoms. The minimum Gasteiger partial charge on any atom is -0.483 e. The highest BCUT2D eigenvalue weighted by Crippen LogP contribution is 2.44. The van der Waals surface area contributed by atoms with Gasteiger partial charge in [-0.2, -0.15) is 31.4 Å². The SMILES string of the molecule is CCC(NC(=O)c1nn(CC2(c3cccc(C(F)(F)F)c3)CCCC2)cc(OCc2ccccc2)c1=O)C(F)(F)F. The summed E-state index contributed by atoms with van der Waals surface area (Å²) in [5, 5.41) is 5.92. The molecule has 1 aromatic heterocycles. The quantitative estimate of drug-likeness (QED) is 0.296. The van der Waals surface area contributed by atoms with Gasteiger partial charge >= 0.3 is 12.4 Å². The molecule has 1 N–H and O–H groups in total. The van der Waals surface area contributed by atoms with Gasteiger partial charge in [-0.3, -0.25) is 14.3 Å². The molecule has 2 aromatic carbocycles. The molecule has 1 fully saturated rings. The zero-order chi connectivity index (χ0) is 29.8. The highest BCUT2D eigenvalue weighted by atomic mass is 19.4. The van der Waals surface area contributed by atoms with Crippen LogP contribution in [0.3, 0.4) is 0 Å². The average molecular weight is 582 g/mol. The molecule has 1 unspecified atom stereocenters. The third-order valence-corrected chi connectivity index (χ3v) is 7.32. The molecule has 1 saturated carbocycles. The fourth-order valence-corrected chi connectivity index (χ4v) is 5.15. The summed E-state index contributed by atoms with van der Waals surface area (Å²) in [4.78, 5) is 26.1. The maximum absolute atomic E-state index is 13.5. The van der Waals surface area contributed by atoms with Crippen LogP contribution in [0.1, 0.15) is 66.2 Å². The number of rotatable bonds is 9. The molecule has 0 saturated heterocycles. The summed E-state index contributed by atoms with van der Waals surface area (Å²) in [6.45, 7) is 1.15. The van der Waals surface area contributed by atoms with Crippen LogP contribution in [0.4, 0.5) is 26.3 Å². The number of nitrogens with one attached hydrogen (secondary N) is 1. The van der Waals surface area contributed by atoms with E-state index >= 15 is 0 Å². The molecule has 1 aliphatic rings. The highest BCUT2D eigenvalue weighted by molar-refractivity contribution is 5.92. The Balaban J connectivity index is 1.74. The average Bonchev–Trinajstić information content (AvgIpc) is 3.40. The first-order valence-electron chi connectivity index (χ1n) is 13.2. The first-order valence-corrected chi connectivity index (χ1v) is 13.2. The molecule has 6 nitrogen and oxygen atoms in total. The van der Waals surface area contributed by atoms with Crippen molar-refractivity contribution < 1.29 is 35.9 Å². The monoisotopic (exact) mass is 581 g/mol. The summed E-state index contributed by atoms with van der Waals surface area (Å²) < 4.78 is 87.5. The second-order valence-electron chi connectivity index (χ2n) is 10.2. The van der Waals surface area contributed by atoms with Crippen LogP contribution < -0.4 is 15.5 Å². The molecule has 3 aromatic rings. The number of benzene rings is 2. The summed E-state index contributed by atoms with van der Waals surface area (Å²) in [7, 11) is 0. The summed E-state index contributed by atoms with van der Waals surface area (Å²) in [6, 6.07) is 11.6. The van der Waals surface area contributed by atoms with E-state index in [-0.39, 0.29) is 18.9 Å². The third kappa shape index (κ3) is 7.09. The van der Waals surface area contributed by atoms with Gasteiger partial charge in [0, 0.05) is 5.41 Å². The Labute approximate surface area is 232 Å². The van der Waals surface area contributed by atoms with Crippen LogP contribution in [-0.4, -0.2) is 27.9 Å². The van der Waals surface area contributed by atoms with Crippen LogP contribution in [0, 0.1) is 0 Å². The minimum atomic E-state index is -4.75. The van der Waals surface area contributed by atoms with Gasteiger partial charge in [0.1, 0.15) is 12.6 Å². The Hall–Kier alpha value is -3.83. The van der Waals surface area contributed by atoms with Crippen LogP contribution >= 0.6 is 0 Å². The van der Waals surface area contributed by atoms with E-state index in [2.05, 4.69) is 5.10 Å². The number of alkyl halides is 6. The molecular weight excluding hydrogens is 552 g/mol. The zero-order valence-electron chi connectivity index (χ0n) is 22.2. The summed E-state index contributed by atoms with van der Waals surface area (Å²) in [5.74, 6) is -1.64. The van der Waals surface area contributed by atoms with Crippen molar-refractivity contribution in [2.24, 2.45) is 0 Å². The first kappa shape index (κ1) is 30.1. The Morgan fingerprint density at radius 2 is 1.73 bits per heavy atom. The lowest BCUT2D eigenvalue weighted by molar-refractivity contribution is -0.153. The molecule has 1 atom stereocenters. The van der Waals surface area contributed by atoms with Gasteiger partial charge in [0.05, 0.1) is 18.3 Å². The van der Waals surface area contributed by atoms with Crippen molar-refractivity contribution in [2.45, 2.75) is 76.0 Å². The van der Waals surface area contributed by atoms with Crippen LogP contribution in [0.15, 0.2) is 65.6 Å². The van der Waals surface area contributed by atoms with E-state index in [1.54, 1.807) is 36.4 Å². The molecule has 4 rings (SSSR count). The van der Waals surface area contributed by atoms with Gasteiger partial charge < -0.3 is 10.1 Å². The molecule has 12 heteroatoms. The van der Waals surface area contributed by atoms with Crippen molar-refractivity contribution in [3.8, 4) is 5.75 Å². The molecule has 0 spiro atoms. The van der Waals surface area contributed by atoms with Crippen LogP contribution in [-0.2, 0) is 24.7 Å². The molecule has 0 radical (unpaired) electrons. The van der Waals surface area contributed by atoms with E-state index in [0.29, 0.717) is 24.0 Å². The van der Waals surface area contributed by atoms with Gasteiger partial charge in [0.25, 0.3) is 11.3 Å². The molecule has 1 heterocycles. The number of carbonyl (C=O) groups is 1. The number of amides is 1. The van der Waals surface area contributed by atoms with Crippen LogP contribution in [0.2, 0.25) is 0 Å². The van der Waals surface area contributed by atoms with Crippen LogP contribution in [0.5, 0.6) is 5.75 Å². The number of halogens is 6. The highest BCUT2D eigenvalue weighted by Gasteiger charge is 2.41. The molecule has 41 heavy (non-hydrogen) atoms. The second-order valence-corrected chi connectivity index (χ2v) is 10.2. The second kappa shape index (κ2) is 12.0. The van der Waals surface area contributed by atoms with Gasteiger partial charge in [-0.05, 0) is 36.5 Å². The lowest BCUT2D eigenvalue weighted by atomic mass is 9.78. The standard InChI is InChI=1S/C29H29F6N3O3/c1-2-23(29(33,34)35)36-26(40)24-25(39)22(41-17-19-9-4-3-5-10-19)16-38(37-24)18-27(13-6-7-14-27)20-11-8-12-21(15-20)28(30,31)32/h3-5,8-12,15-16,23H,2,6-7,13-14,17-18H2,1H3,(H,36,40). The summed E-state index contributed by atoms with van der Waals surface area (Å²) in [6.07, 6.45) is -6.05. The summed E-state index contributed by atoms with van der Waals surface area (Å²) >= 11 is 0. The molecular formula is C29H29F6N3O3. The minimum absolute atomic E-state index is 0.0208. The van der Waals surface area contributed by atoms with E-state index < -0.39 is 52.8 Å². The van der Waals surface area contributed by atoms with Gasteiger partial charge in [0.15, 0.2) is 11.4 Å². The van der Waals surface area contributed by atoms with Crippen molar-refractivity contribution in [1.29, 1.82) is 0 Å². The lowest BCUT2D eigenvalue weighted by Gasteiger charge is -2.31. The number of ether oxygens (including phenoxy) is 1. The molecule has 1 aliphatic carbocycles. The van der Waals surface area contributed by atoms with E-state index in [1.165, 1.54) is 23.9 Å². The number of carbonyl (C=O) groups excluding carboxylic acids is 1. The van der Waals surface area contributed by atoms with Crippen molar-refractivity contribution >= 4 is 5.91 Å². The van der Waals surface area contributed by atoms with E-state index in [0.717, 1.165) is 25.0 Å². The first-order chi connectivity index (χ1) is 19.3. The predicted molar refractivity (Wildman–Crippen MR) is 138 cm³/mol. The fourth-order valence-electron chi connectivity index (χ4n) is 5.15. The fraction of sp³-hybridized carbons (Fsp3) is 0.414. The smallest absolute Gasteiger partial charge is 0.416 e. The molecule has 0 aliphatic heterocycles. The third-order valence-electron chi connectivity index (χ3n) is 7.32. The van der Waals surface area contributed by atoms with E-state index in [9.17, 15) is 35.9 Å². The Kier molecular flexibility index (Phi) is 8.79. The lowest BCUT2D eigenvalue weighted by Crippen LogP contribution is -2.46. The van der Waals surface area contributed by atoms with E-state index in [4.69, 9.17) is 4.74 Å². The number of aromatic nitrogens is 2. The Morgan fingerprint density at radius 1 is 1.05 bits per heavy atom. The van der Waals surface area contributed by atoms with Gasteiger partial charge in [-0.25, -0.2) is 0 Å². The van der Waals surface area contributed by atoms with Crippen molar-refractivity contribution in [3.05, 3.63) is 93.4 Å². The largest absolute Gasteiger partial charge is 0.483 e. The molecule has 1 amide bonds. The van der Waals surface area contributed by atoms with Crippen LogP contribution in [0.25, 0.3) is 0 Å². The summed E-state index contributed by atoms with van der Waals surface area (Å²) in [5.41, 5.74) is -2.29. The number of hydrogen-bond donors (Lipinski definition) is 1. The van der Waals surface area contributed by atoms with E-state index in [1.807, 2.05) is 5.32 Å². The van der Waals surface area contributed by atoms with Gasteiger partial charge in [-0.1, -0.05) is 68.3 Å². The number of nitrogens with zero attached hydrogens (tertiary/aromatic N) is 2. The van der Waals surface area contributed by atoms with Crippen molar-refractivity contribution in [2.75, 3.05) is 0 Å². The Morgan fingerprint density at radius 3 is 2.34 bits per heavy atom. The predicted octanol–water partition coefficient (Wildman–Crippen LogP) is 6.42. The Bertz CT molecular complexity index is 1410. The van der Waals surface area contributed by atoms with Crippen molar-refractivity contribution in [1.82, 2.24) is 15.1 Å². The van der Waals surface area contributed by atoms with Gasteiger partial charge in [0.2, 0.25) is 0 Å².